The Labute approximate surface area is 84.8 Å². The lowest BCUT2D eigenvalue weighted by Crippen LogP contribution is -2.51. The van der Waals surface area contributed by atoms with Crippen LogP contribution in [0.5, 0.6) is 0 Å². The summed E-state index contributed by atoms with van der Waals surface area (Å²) in [6.07, 6.45) is 2.91. The Morgan fingerprint density at radius 1 is 1.50 bits per heavy atom. The van der Waals surface area contributed by atoms with Crippen LogP contribution in [-0.4, -0.2) is 43.0 Å². The van der Waals surface area contributed by atoms with Gasteiger partial charge in [-0.2, -0.15) is 0 Å². The number of carbonyl (C=O) groups excluding carboxylic acids is 1. The van der Waals surface area contributed by atoms with Gasteiger partial charge in [0, 0.05) is 18.6 Å². The molecule has 1 amide bonds. The highest BCUT2D eigenvalue weighted by molar-refractivity contribution is 5.79. The highest BCUT2D eigenvalue weighted by Crippen LogP contribution is 2.20. The highest BCUT2D eigenvalue weighted by atomic mass is 16.2. The zero-order valence-corrected chi connectivity index (χ0v) is 8.70. The first-order valence-electron chi connectivity index (χ1n) is 5.39. The van der Waals surface area contributed by atoms with E-state index in [1.165, 1.54) is 0 Å². The van der Waals surface area contributed by atoms with Crippen LogP contribution in [0.1, 0.15) is 19.3 Å². The minimum atomic E-state index is 0.205. The third-order valence-corrected chi connectivity index (χ3v) is 3.28. The molecule has 4 nitrogen and oxygen atoms in total. The van der Waals surface area contributed by atoms with Crippen LogP contribution in [0.15, 0.2) is 0 Å². The number of nitrogens with zero attached hydrogens (tertiary/aromatic N) is 1. The number of likely N-dealkylation sites (tertiary alicyclic amines) is 1. The molecule has 0 spiro atoms. The van der Waals surface area contributed by atoms with Gasteiger partial charge in [-0.05, 0) is 32.9 Å². The van der Waals surface area contributed by atoms with Crippen LogP contribution in [0, 0.1) is 5.92 Å². The van der Waals surface area contributed by atoms with Crippen LogP contribution < -0.4 is 11.1 Å². The van der Waals surface area contributed by atoms with Crippen LogP contribution >= 0.6 is 0 Å². The molecule has 2 aliphatic rings. The standard InChI is InChI=1S/C10H19N3O/c1-13-3-2-7(6-13)10(14)12-9-4-8(11)5-9/h7-9H,2-6,11H2,1H3,(H,12,14). The van der Waals surface area contributed by atoms with Gasteiger partial charge >= 0.3 is 0 Å². The zero-order valence-electron chi connectivity index (χ0n) is 8.70. The van der Waals surface area contributed by atoms with Crippen LogP contribution in [-0.2, 0) is 4.79 Å². The molecule has 0 bridgehead atoms. The molecule has 1 atom stereocenters. The molecule has 0 radical (unpaired) electrons. The maximum Gasteiger partial charge on any atom is 0.224 e. The second-order valence-electron chi connectivity index (χ2n) is 4.68. The van der Waals surface area contributed by atoms with E-state index in [0.29, 0.717) is 12.1 Å². The van der Waals surface area contributed by atoms with E-state index >= 15 is 0 Å². The Hall–Kier alpha value is -0.610. The van der Waals surface area contributed by atoms with E-state index in [1.54, 1.807) is 0 Å². The lowest BCUT2D eigenvalue weighted by Gasteiger charge is -2.33. The van der Waals surface area contributed by atoms with Crippen LogP contribution in [0.4, 0.5) is 0 Å². The second-order valence-corrected chi connectivity index (χ2v) is 4.68. The maximum atomic E-state index is 11.7. The summed E-state index contributed by atoms with van der Waals surface area (Å²) in [4.78, 5) is 13.9. The van der Waals surface area contributed by atoms with Crippen molar-refractivity contribution in [2.45, 2.75) is 31.3 Å². The Kier molecular flexibility index (Phi) is 2.74. The molecule has 1 unspecified atom stereocenters. The quantitative estimate of drug-likeness (QED) is 0.630. The summed E-state index contributed by atoms with van der Waals surface area (Å²) in [5.74, 6) is 0.433. The molecule has 2 fully saturated rings. The highest BCUT2D eigenvalue weighted by Gasteiger charge is 2.31. The van der Waals surface area contributed by atoms with Gasteiger partial charge in [0.05, 0.1) is 5.92 Å². The average molecular weight is 197 g/mol. The van der Waals surface area contributed by atoms with Gasteiger partial charge in [0.2, 0.25) is 5.91 Å². The third-order valence-electron chi connectivity index (χ3n) is 3.28. The van der Waals surface area contributed by atoms with Crippen LogP contribution in [0.2, 0.25) is 0 Å². The van der Waals surface area contributed by atoms with Crippen molar-refractivity contribution in [3.05, 3.63) is 0 Å². The predicted octanol–water partition coefficient (Wildman–Crippen LogP) is -0.456. The monoisotopic (exact) mass is 197 g/mol. The first kappa shape index (κ1) is 9.93. The lowest BCUT2D eigenvalue weighted by atomic mass is 9.87. The van der Waals surface area contributed by atoms with E-state index in [-0.39, 0.29) is 11.8 Å². The minimum Gasteiger partial charge on any atom is -0.353 e. The molecule has 0 aromatic rings. The van der Waals surface area contributed by atoms with Gasteiger partial charge < -0.3 is 16.0 Å². The van der Waals surface area contributed by atoms with E-state index in [0.717, 1.165) is 32.4 Å². The summed E-state index contributed by atoms with van der Waals surface area (Å²) >= 11 is 0. The van der Waals surface area contributed by atoms with Crippen molar-refractivity contribution in [2.75, 3.05) is 20.1 Å². The fraction of sp³-hybridized carbons (Fsp3) is 0.900. The molecule has 0 aromatic heterocycles. The zero-order chi connectivity index (χ0) is 10.1. The first-order chi connectivity index (χ1) is 6.65. The van der Waals surface area contributed by atoms with E-state index in [2.05, 4.69) is 17.3 Å². The van der Waals surface area contributed by atoms with Crippen molar-refractivity contribution in [1.82, 2.24) is 10.2 Å². The van der Waals surface area contributed by atoms with Crippen LogP contribution in [0.3, 0.4) is 0 Å². The number of rotatable bonds is 2. The Bertz CT molecular complexity index is 225. The Morgan fingerprint density at radius 2 is 2.21 bits per heavy atom. The smallest absolute Gasteiger partial charge is 0.224 e. The number of nitrogens with one attached hydrogen (secondary N) is 1. The van der Waals surface area contributed by atoms with Gasteiger partial charge in [0.25, 0.3) is 0 Å². The van der Waals surface area contributed by atoms with E-state index in [4.69, 9.17) is 5.73 Å². The summed E-state index contributed by atoms with van der Waals surface area (Å²) < 4.78 is 0. The molecule has 2 rings (SSSR count). The lowest BCUT2D eigenvalue weighted by molar-refractivity contribution is -0.125. The molecule has 0 aromatic carbocycles. The van der Waals surface area contributed by atoms with Gasteiger partial charge in [0.1, 0.15) is 0 Å². The topological polar surface area (TPSA) is 58.4 Å². The molecule has 1 aliphatic heterocycles. The fourth-order valence-corrected chi connectivity index (χ4v) is 2.25. The van der Waals surface area contributed by atoms with Gasteiger partial charge in [-0.25, -0.2) is 0 Å². The molecule has 80 valence electrons. The Balaban J connectivity index is 1.73. The van der Waals surface area contributed by atoms with Crippen LogP contribution in [0.25, 0.3) is 0 Å². The molecule has 3 N–H and O–H groups in total. The van der Waals surface area contributed by atoms with Crippen molar-refractivity contribution in [3.63, 3.8) is 0 Å². The molecular formula is C10H19N3O. The molecule has 1 aliphatic carbocycles. The third kappa shape index (κ3) is 2.07. The SMILES string of the molecule is CN1CCC(C(=O)NC2CC(N)C2)C1. The Morgan fingerprint density at radius 3 is 2.71 bits per heavy atom. The summed E-state index contributed by atoms with van der Waals surface area (Å²) in [6.45, 7) is 1.95. The molecule has 1 saturated heterocycles. The number of carbonyl (C=O) groups is 1. The molecular weight excluding hydrogens is 178 g/mol. The van der Waals surface area contributed by atoms with Gasteiger partial charge in [0.15, 0.2) is 0 Å². The number of hydrogen-bond donors (Lipinski definition) is 2. The number of nitrogens with two attached hydrogens (primary N) is 1. The van der Waals surface area contributed by atoms with Crippen molar-refractivity contribution >= 4 is 5.91 Å². The molecule has 14 heavy (non-hydrogen) atoms. The van der Waals surface area contributed by atoms with Crippen molar-refractivity contribution in [1.29, 1.82) is 0 Å². The van der Waals surface area contributed by atoms with Crippen molar-refractivity contribution in [3.8, 4) is 0 Å². The molecule has 1 heterocycles. The molecule has 4 heteroatoms. The summed E-state index contributed by atoms with van der Waals surface area (Å²) in [6, 6.07) is 0.662. The summed E-state index contributed by atoms with van der Waals surface area (Å²) in [5, 5.41) is 3.06. The fourth-order valence-electron chi connectivity index (χ4n) is 2.25. The van der Waals surface area contributed by atoms with Crippen molar-refractivity contribution < 1.29 is 4.79 Å². The molecule has 1 saturated carbocycles. The van der Waals surface area contributed by atoms with E-state index in [9.17, 15) is 4.79 Å². The van der Waals surface area contributed by atoms with Crippen molar-refractivity contribution in [2.24, 2.45) is 11.7 Å². The van der Waals surface area contributed by atoms with Gasteiger partial charge in [-0.3, -0.25) is 4.79 Å². The van der Waals surface area contributed by atoms with Gasteiger partial charge in [-0.15, -0.1) is 0 Å². The first-order valence-corrected chi connectivity index (χ1v) is 5.39. The predicted molar refractivity (Wildman–Crippen MR) is 54.7 cm³/mol. The summed E-state index contributed by atoms with van der Waals surface area (Å²) in [5.41, 5.74) is 5.66. The second kappa shape index (κ2) is 3.87. The van der Waals surface area contributed by atoms with E-state index in [1.807, 2.05) is 0 Å². The minimum absolute atomic E-state index is 0.205. The average Bonchev–Trinajstić information content (AvgIpc) is 2.49. The number of amides is 1. The summed E-state index contributed by atoms with van der Waals surface area (Å²) in [7, 11) is 2.06. The van der Waals surface area contributed by atoms with E-state index < -0.39 is 0 Å². The normalized spacial score (nSPS) is 38.0. The van der Waals surface area contributed by atoms with Gasteiger partial charge in [-0.1, -0.05) is 0 Å². The number of hydrogen-bond acceptors (Lipinski definition) is 3. The maximum absolute atomic E-state index is 11.7. The largest absolute Gasteiger partial charge is 0.353 e.